The molecule has 30 heavy (non-hydrogen) atoms. The molecule has 0 saturated heterocycles. The van der Waals surface area contributed by atoms with E-state index in [4.69, 9.17) is 9.47 Å². The summed E-state index contributed by atoms with van der Waals surface area (Å²) in [5, 5.41) is 2.81. The van der Waals surface area contributed by atoms with Gasteiger partial charge < -0.3 is 14.8 Å². The second kappa shape index (κ2) is 8.18. The first-order valence-electron chi connectivity index (χ1n) is 10.1. The second-order valence-electron chi connectivity index (χ2n) is 7.91. The number of nitrogens with one attached hydrogen (secondary N) is 1. The molecule has 1 aliphatic carbocycles. The number of anilines is 2. The number of amides is 1. The third-order valence-corrected chi connectivity index (χ3v) is 6.55. The first kappa shape index (κ1) is 20.5. The molecule has 1 N–H and O–H groups in total. The summed E-state index contributed by atoms with van der Waals surface area (Å²) in [6, 6.07) is 12.5. The van der Waals surface area contributed by atoms with Crippen molar-refractivity contribution < 1.29 is 22.7 Å². The molecule has 1 fully saturated rings. The van der Waals surface area contributed by atoms with Crippen LogP contribution < -0.4 is 19.1 Å². The summed E-state index contributed by atoms with van der Waals surface area (Å²) in [5.74, 6) is 0.749. The van der Waals surface area contributed by atoms with Crippen LogP contribution in [0.25, 0.3) is 0 Å². The SMILES string of the molecule is Cc1ccc2c(c1)N(S(C)(=O)=O)CC(C(=O)Nc1ccc(OC3CCCC3)cc1)O2. The van der Waals surface area contributed by atoms with E-state index in [1.165, 1.54) is 17.1 Å². The van der Waals surface area contributed by atoms with Crippen LogP contribution in [0, 0.1) is 6.92 Å². The molecule has 8 heteroatoms. The Morgan fingerprint density at radius 1 is 1.13 bits per heavy atom. The third kappa shape index (κ3) is 4.53. The quantitative estimate of drug-likeness (QED) is 0.785. The van der Waals surface area contributed by atoms with Gasteiger partial charge in [0, 0.05) is 5.69 Å². The molecule has 0 bridgehead atoms. The van der Waals surface area contributed by atoms with Gasteiger partial charge in [-0.2, -0.15) is 0 Å². The van der Waals surface area contributed by atoms with Crippen molar-refractivity contribution >= 4 is 27.3 Å². The maximum atomic E-state index is 12.8. The summed E-state index contributed by atoms with van der Waals surface area (Å²) >= 11 is 0. The van der Waals surface area contributed by atoms with Gasteiger partial charge in [-0.1, -0.05) is 6.07 Å². The van der Waals surface area contributed by atoms with E-state index >= 15 is 0 Å². The van der Waals surface area contributed by atoms with Crippen molar-refractivity contribution in [2.24, 2.45) is 0 Å². The zero-order valence-corrected chi connectivity index (χ0v) is 17.9. The standard InChI is InChI=1S/C22H26N2O5S/c1-15-7-12-20-19(13-15)24(30(2,26)27)14-21(29-20)22(25)23-16-8-10-18(11-9-16)28-17-5-3-4-6-17/h7-13,17,21H,3-6,14H2,1-2H3,(H,23,25). The molecular formula is C22H26N2O5S. The summed E-state index contributed by atoms with van der Waals surface area (Å²) in [6.07, 6.45) is 5.00. The molecule has 1 unspecified atom stereocenters. The lowest BCUT2D eigenvalue weighted by atomic mass is 10.1. The van der Waals surface area contributed by atoms with E-state index in [2.05, 4.69) is 5.32 Å². The van der Waals surface area contributed by atoms with Gasteiger partial charge in [0.15, 0.2) is 6.10 Å². The van der Waals surface area contributed by atoms with E-state index in [0.717, 1.165) is 30.4 Å². The first-order chi connectivity index (χ1) is 14.3. The van der Waals surface area contributed by atoms with E-state index in [9.17, 15) is 13.2 Å². The fourth-order valence-corrected chi connectivity index (χ4v) is 4.76. The van der Waals surface area contributed by atoms with Crippen molar-refractivity contribution in [3.05, 3.63) is 48.0 Å². The molecule has 2 aromatic carbocycles. The minimum atomic E-state index is -3.56. The fraction of sp³-hybridized carbons (Fsp3) is 0.409. The lowest BCUT2D eigenvalue weighted by Crippen LogP contribution is -2.48. The minimum absolute atomic E-state index is 0.0794. The fourth-order valence-electron chi connectivity index (χ4n) is 3.85. The molecule has 4 rings (SSSR count). The van der Waals surface area contributed by atoms with Gasteiger partial charge in [0.25, 0.3) is 5.91 Å². The predicted molar refractivity (Wildman–Crippen MR) is 116 cm³/mol. The van der Waals surface area contributed by atoms with Gasteiger partial charge in [-0.3, -0.25) is 9.10 Å². The lowest BCUT2D eigenvalue weighted by Gasteiger charge is -2.34. The van der Waals surface area contributed by atoms with Gasteiger partial charge in [-0.05, 0) is 74.6 Å². The average molecular weight is 431 g/mol. The van der Waals surface area contributed by atoms with Crippen LogP contribution in [0.3, 0.4) is 0 Å². The Hall–Kier alpha value is -2.74. The highest BCUT2D eigenvalue weighted by Gasteiger charge is 2.35. The summed E-state index contributed by atoms with van der Waals surface area (Å²) in [6.45, 7) is 1.80. The number of fused-ring (bicyclic) bond motifs is 1. The summed E-state index contributed by atoms with van der Waals surface area (Å²) < 4.78 is 37.6. The first-order valence-corrected chi connectivity index (χ1v) is 12.0. The third-order valence-electron chi connectivity index (χ3n) is 5.40. The monoisotopic (exact) mass is 430 g/mol. The highest BCUT2D eigenvalue weighted by Crippen LogP contribution is 2.36. The van der Waals surface area contributed by atoms with Gasteiger partial charge >= 0.3 is 0 Å². The van der Waals surface area contributed by atoms with Gasteiger partial charge in [0.05, 0.1) is 24.6 Å². The van der Waals surface area contributed by atoms with Crippen molar-refractivity contribution in [1.29, 1.82) is 0 Å². The Kier molecular flexibility index (Phi) is 5.60. The number of carbonyl (C=O) groups excluding carboxylic acids is 1. The number of benzene rings is 2. The zero-order chi connectivity index (χ0) is 21.3. The van der Waals surface area contributed by atoms with Crippen molar-refractivity contribution in [2.45, 2.75) is 44.8 Å². The molecule has 1 amide bonds. The van der Waals surface area contributed by atoms with Crippen molar-refractivity contribution in [3.8, 4) is 11.5 Å². The number of rotatable bonds is 5. The zero-order valence-electron chi connectivity index (χ0n) is 17.1. The normalized spacial score (nSPS) is 19.1. The number of sulfonamides is 1. The molecular weight excluding hydrogens is 404 g/mol. The summed E-state index contributed by atoms with van der Waals surface area (Å²) in [7, 11) is -3.56. The van der Waals surface area contributed by atoms with Crippen molar-refractivity contribution in [1.82, 2.24) is 0 Å². The maximum absolute atomic E-state index is 12.8. The highest BCUT2D eigenvalue weighted by molar-refractivity contribution is 7.92. The average Bonchev–Trinajstić information content (AvgIpc) is 3.21. The van der Waals surface area contributed by atoms with Crippen LogP contribution in [0.15, 0.2) is 42.5 Å². The molecule has 0 aromatic heterocycles. The van der Waals surface area contributed by atoms with Gasteiger partial charge in [-0.25, -0.2) is 8.42 Å². The second-order valence-corrected chi connectivity index (χ2v) is 9.82. The topological polar surface area (TPSA) is 84.9 Å². The molecule has 0 radical (unpaired) electrons. The van der Waals surface area contributed by atoms with Gasteiger partial charge in [0.1, 0.15) is 11.5 Å². The van der Waals surface area contributed by atoms with Crippen LogP contribution in [0.4, 0.5) is 11.4 Å². The molecule has 2 aromatic rings. The molecule has 1 atom stereocenters. The molecule has 1 heterocycles. The van der Waals surface area contributed by atoms with E-state index in [0.29, 0.717) is 17.1 Å². The smallest absolute Gasteiger partial charge is 0.267 e. The molecule has 1 saturated carbocycles. The van der Waals surface area contributed by atoms with E-state index in [1.807, 2.05) is 25.1 Å². The number of hydrogen-bond acceptors (Lipinski definition) is 5. The van der Waals surface area contributed by atoms with Crippen LogP contribution >= 0.6 is 0 Å². The van der Waals surface area contributed by atoms with Crippen LogP contribution in [0.5, 0.6) is 11.5 Å². The van der Waals surface area contributed by atoms with Crippen LogP contribution in [0.2, 0.25) is 0 Å². The Balaban J connectivity index is 1.46. The predicted octanol–water partition coefficient (Wildman–Crippen LogP) is 3.48. The van der Waals surface area contributed by atoms with Crippen molar-refractivity contribution in [2.75, 3.05) is 22.4 Å². The maximum Gasteiger partial charge on any atom is 0.267 e. The summed E-state index contributed by atoms with van der Waals surface area (Å²) in [4.78, 5) is 12.8. The van der Waals surface area contributed by atoms with E-state index in [-0.39, 0.29) is 12.6 Å². The number of nitrogens with zero attached hydrogens (tertiary/aromatic N) is 1. The Labute approximate surface area is 177 Å². The molecule has 7 nitrogen and oxygen atoms in total. The Morgan fingerprint density at radius 3 is 2.50 bits per heavy atom. The van der Waals surface area contributed by atoms with E-state index < -0.39 is 22.0 Å². The lowest BCUT2D eigenvalue weighted by molar-refractivity contribution is -0.122. The number of ether oxygens (including phenoxy) is 2. The number of aryl methyl sites for hydroxylation is 1. The van der Waals surface area contributed by atoms with Gasteiger partial charge in [0.2, 0.25) is 10.0 Å². The van der Waals surface area contributed by atoms with E-state index in [1.54, 1.807) is 24.3 Å². The Bertz CT molecular complexity index is 1030. The largest absolute Gasteiger partial charge is 0.490 e. The molecule has 1 aliphatic heterocycles. The highest BCUT2D eigenvalue weighted by atomic mass is 32.2. The molecule has 160 valence electrons. The minimum Gasteiger partial charge on any atom is -0.490 e. The number of carbonyl (C=O) groups is 1. The number of hydrogen-bond donors (Lipinski definition) is 1. The van der Waals surface area contributed by atoms with Gasteiger partial charge in [-0.15, -0.1) is 0 Å². The van der Waals surface area contributed by atoms with Crippen LogP contribution in [-0.2, 0) is 14.8 Å². The van der Waals surface area contributed by atoms with Crippen LogP contribution in [0.1, 0.15) is 31.2 Å². The van der Waals surface area contributed by atoms with Crippen LogP contribution in [-0.4, -0.2) is 39.3 Å². The molecule has 2 aliphatic rings. The summed E-state index contributed by atoms with van der Waals surface area (Å²) in [5.41, 5.74) is 1.96. The van der Waals surface area contributed by atoms with Crippen molar-refractivity contribution in [3.63, 3.8) is 0 Å². The Morgan fingerprint density at radius 2 is 1.83 bits per heavy atom. The molecule has 0 spiro atoms.